The van der Waals surface area contributed by atoms with Gasteiger partial charge >= 0.3 is 0 Å². The molecule has 6 N–H and O–H groups in total. The number of carbonyl (C=O) groups excluding carboxylic acids is 2. The van der Waals surface area contributed by atoms with E-state index in [4.69, 9.17) is 46.3 Å². The summed E-state index contributed by atoms with van der Waals surface area (Å²) in [5, 5.41) is 6.92. The lowest BCUT2D eigenvalue weighted by molar-refractivity contribution is -0.124. The average molecular weight is 521 g/mol. The molecule has 0 spiro atoms. The van der Waals surface area contributed by atoms with Gasteiger partial charge in [-0.15, -0.1) is 0 Å². The van der Waals surface area contributed by atoms with Gasteiger partial charge in [0.1, 0.15) is 5.82 Å². The number of aromatic nitrogens is 1. The molecule has 1 heterocycles. The van der Waals surface area contributed by atoms with Crippen LogP contribution in [0.5, 0.6) is 0 Å². The molecule has 2 aromatic carbocycles. The molecule has 0 aliphatic rings. The third-order valence-electron chi connectivity index (χ3n) is 5.16. The van der Waals surface area contributed by atoms with Crippen molar-refractivity contribution in [2.75, 3.05) is 12.3 Å². The molecule has 0 aliphatic heterocycles. The van der Waals surface area contributed by atoms with Crippen LogP contribution in [0.25, 0.3) is 0 Å². The second kappa shape index (κ2) is 12.0. The lowest BCUT2D eigenvalue weighted by Gasteiger charge is -2.20. The average Bonchev–Trinajstić information content (AvgIpc) is 2.82. The van der Waals surface area contributed by atoms with Crippen LogP contribution in [0.4, 0.5) is 5.82 Å². The van der Waals surface area contributed by atoms with E-state index in [1.54, 1.807) is 48.7 Å². The molecule has 1 aromatic heterocycles. The Labute approximate surface area is 212 Å². The summed E-state index contributed by atoms with van der Waals surface area (Å²) in [4.78, 5) is 29.7. The number of rotatable bonds is 9. The number of nitrogen functional groups attached to an aromatic ring is 1. The summed E-state index contributed by atoms with van der Waals surface area (Å²) in [6.07, 6.45) is 1.91. The first-order chi connectivity index (χ1) is 16.2. The van der Waals surface area contributed by atoms with Gasteiger partial charge in [-0.2, -0.15) is 0 Å². The molecule has 178 valence electrons. The van der Waals surface area contributed by atoms with Gasteiger partial charge in [-0.25, -0.2) is 4.98 Å². The molecule has 0 bridgehead atoms. The minimum Gasteiger partial charge on any atom is -0.384 e. The van der Waals surface area contributed by atoms with Gasteiger partial charge in [-0.3, -0.25) is 9.59 Å². The zero-order valence-electron chi connectivity index (χ0n) is 18.1. The predicted molar refractivity (Wildman–Crippen MR) is 136 cm³/mol. The summed E-state index contributed by atoms with van der Waals surface area (Å²) in [7, 11) is 0. The number of nitrogens with one attached hydrogen (secondary N) is 2. The number of nitrogens with two attached hydrogens (primary N) is 2. The largest absolute Gasteiger partial charge is 0.384 e. The van der Waals surface area contributed by atoms with E-state index in [0.29, 0.717) is 32.9 Å². The van der Waals surface area contributed by atoms with Crippen molar-refractivity contribution in [1.29, 1.82) is 0 Å². The number of benzene rings is 2. The highest BCUT2D eigenvalue weighted by Gasteiger charge is 2.24. The van der Waals surface area contributed by atoms with Crippen molar-refractivity contribution < 1.29 is 9.59 Å². The van der Waals surface area contributed by atoms with Crippen LogP contribution in [0.1, 0.15) is 22.6 Å². The minimum absolute atomic E-state index is 0.0247. The number of hydrogen-bond acceptors (Lipinski definition) is 5. The van der Waals surface area contributed by atoms with Crippen LogP contribution in [0.15, 0.2) is 60.8 Å². The second-order valence-electron chi connectivity index (χ2n) is 7.72. The first-order valence-corrected chi connectivity index (χ1v) is 11.6. The van der Waals surface area contributed by atoms with Gasteiger partial charge in [0.25, 0.3) is 0 Å². The molecule has 0 saturated heterocycles. The Kier molecular flexibility index (Phi) is 9.12. The van der Waals surface area contributed by atoms with Crippen molar-refractivity contribution in [2.45, 2.75) is 24.9 Å². The molecule has 0 fully saturated rings. The molecular weight excluding hydrogens is 497 g/mol. The number of anilines is 1. The van der Waals surface area contributed by atoms with Crippen molar-refractivity contribution in [2.24, 2.45) is 5.73 Å². The van der Waals surface area contributed by atoms with Crippen LogP contribution >= 0.6 is 34.8 Å². The van der Waals surface area contributed by atoms with Gasteiger partial charge in [0, 0.05) is 24.3 Å². The second-order valence-corrected chi connectivity index (χ2v) is 8.97. The summed E-state index contributed by atoms with van der Waals surface area (Å²) < 4.78 is 0. The highest BCUT2D eigenvalue weighted by Crippen LogP contribution is 2.27. The quantitative estimate of drug-likeness (QED) is 0.342. The molecular formula is C24H24Cl3N5O2. The van der Waals surface area contributed by atoms with Gasteiger partial charge in [-0.05, 0) is 53.4 Å². The van der Waals surface area contributed by atoms with Gasteiger partial charge in [0.2, 0.25) is 11.8 Å². The Bertz CT molecular complexity index is 1140. The fraction of sp³-hybridized carbons (Fsp3) is 0.208. The van der Waals surface area contributed by atoms with E-state index >= 15 is 0 Å². The molecule has 3 aromatic rings. The maximum Gasteiger partial charge on any atom is 0.237 e. The van der Waals surface area contributed by atoms with Gasteiger partial charge in [-0.1, -0.05) is 59.1 Å². The molecule has 10 heteroatoms. The molecule has 2 amide bonds. The smallest absolute Gasteiger partial charge is 0.237 e. The Morgan fingerprint density at radius 1 is 0.882 bits per heavy atom. The SMILES string of the molecule is Nc1ccc(CNC(=O)[C@@H](CNC(=O)[C@H](N)Cc2ccc(Cl)cc2)c2ccc(Cl)c(Cl)c2)cn1. The lowest BCUT2D eigenvalue weighted by Crippen LogP contribution is -2.45. The topological polar surface area (TPSA) is 123 Å². The standard InChI is InChI=1S/C24H24Cl3N5O2/c25-17-5-1-14(2-6-17)9-21(28)24(34)32-13-18(16-4-7-19(26)20(27)10-16)23(33)31-12-15-3-8-22(29)30-11-15/h1-8,10-11,18,21H,9,12-13,28H2,(H2,29,30)(H,31,33)(H,32,34)/t18-,21+/m0/s1. The van der Waals surface area contributed by atoms with Crippen molar-refractivity contribution in [3.8, 4) is 0 Å². The van der Waals surface area contributed by atoms with E-state index in [9.17, 15) is 9.59 Å². The highest BCUT2D eigenvalue weighted by molar-refractivity contribution is 6.42. The number of hydrogen-bond donors (Lipinski definition) is 4. The van der Waals surface area contributed by atoms with Crippen LogP contribution < -0.4 is 22.1 Å². The molecule has 0 radical (unpaired) electrons. The van der Waals surface area contributed by atoms with E-state index in [0.717, 1.165) is 11.1 Å². The zero-order chi connectivity index (χ0) is 24.7. The Morgan fingerprint density at radius 3 is 2.24 bits per heavy atom. The van der Waals surface area contributed by atoms with Crippen molar-refractivity contribution in [3.63, 3.8) is 0 Å². The van der Waals surface area contributed by atoms with Crippen molar-refractivity contribution in [3.05, 3.63) is 92.6 Å². The number of halogens is 3. The normalized spacial score (nSPS) is 12.6. The van der Waals surface area contributed by atoms with Crippen molar-refractivity contribution in [1.82, 2.24) is 15.6 Å². The molecule has 2 atom stereocenters. The fourth-order valence-electron chi connectivity index (χ4n) is 3.24. The summed E-state index contributed by atoms with van der Waals surface area (Å²) in [6.45, 7) is 0.269. The molecule has 7 nitrogen and oxygen atoms in total. The predicted octanol–water partition coefficient (Wildman–Crippen LogP) is 3.71. The Hall–Kier alpha value is -2.84. The first kappa shape index (κ1) is 25.8. The first-order valence-electron chi connectivity index (χ1n) is 10.4. The van der Waals surface area contributed by atoms with Crippen LogP contribution in [-0.2, 0) is 22.6 Å². The summed E-state index contributed by atoms with van der Waals surface area (Å²) in [5.74, 6) is -1.01. The van der Waals surface area contributed by atoms with E-state index in [-0.39, 0.29) is 24.9 Å². The Morgan fingerprint density at radius 2 is 1.59 bits per heavy atom. The van der Waals surface area contributed by atoms with Crippen LogP contribution in [-0.4, -0.2) is 29.4 Å². The molecule has 0 aliphatic carbocycles. The van der Waals surface area contributed by atoms with E-state index < -0.39 is 12.0 Å². The minimum atomic E-state index is -0.792. The van der Waals surface area contributed by atoms with E-state index in [1.165, 1.54) is 0 Å². The molecule has 0 unspecified atom stereocenters. The third kappa shape index (κ3) is 7.33. The van der Waals surface area contributed by atoms with E-state index in [2.05, 4.69) is 15.6 Å². The van der Waals surface area contributed by atoms with Gasteiger partial charge in [0.15, 0.2) is 0 Å². The number of nitrogens with zero attached hydrogens (tertiary/aromatic N) is 1. The van der Waals surface area contributed by atoms with Crippen LogP contribution in [0.3, 0.4) is 0 Å². The lowest BCUT2D eigenvalue weighted by atomic mass is 9.97. The Balaban J connectivity index is 1.67. The summed E-state index contributed by atoms with van der Waals surface area (Å²) in [6, 6.07) is 14.7. The monoisotopic (exact) mass is 519 g/mol. The fourth-order valence-corrected chi connectivity index (χ4v) is 3.68. The van der Waals surface area contributed by atoms with Crippen molar-refractivity contribution >= 4 is 52.4 Å². The number of pyridine rings is 1. The molecule has 34 heavy (non-hydrogen) atoms. The zero-order valence-corrected chi connectivity index (χ0v) is 20.4. The van der Waals surface area contributed by atoms with Gasteiger partial charge in [0.05, 0.1) is 22.0 Å². The summed E-state index contributed by atoms with van der Waals surface area (Å²) >= 11 is 18.1. The van der Waals surface area contributed by atoms with Gasteiger partial charge < -0.3 is 22.1 Å². The maximum atomic E-state index is 13.1. The highest BCUT2D eigenvalue weighted by atomic mass is 35.5. The summed E-state index contributed by atoms with van der Waals surface area (Å²) in [5.41, 5.74) is 13.9. The third-order valence-corrected chi connectivity index (χ3v) is 6.15. The van der Waals surface area contributed by atoms with Crippen LogP contribution in [0, 0.1) is 0 Å². The van der Waals surface area contributed by atoms with E-state index in [1.807, 2.05) is 12.1 Å². The van der Waals surface area contributed by atoms with Crippen LogP contribution in [0.2, 0.25) is 15.1 Å². The molecule has 3 rings (SSSR count). The number of carbonyl (C=O) groups is 2. The molecule has 0 saturated carbocycles. The number of amides is 2. The maximum absolute atomic E-state index is 13.1.